The number of aryl methyl sites for hydroxylation is 1. The molecular weight excluding hydrogens is 227 g/mol. The second-order valence-corrected chi connectivity index (χ2v) is 4.99. The Bertz CT molecular complexity index is 366. The molecule has 0 aliphatic heterocycles. The molecular formula is C15H25FN2. The van der Waals surface area contributed by atoms with Gasteiger partial charge in [-0.25, -0.2) is 4.39 Å². The summed E-state index contributed by atoms with van der Waals surface area (Å²) in [6, 6.07) is 5.57. The number of hydrogen-bond donors (Lipinski definition) is 1. The molecule has 0 saturated carbocycles. The van der Waals surface area contributed by atoms with E-state index in [9.17, 15) is 4.39 Å². The smallest absolute Gasteiger partial charge is 0.123 e. The number of hydrogen-bond acceptors (Lipinski definition) is 2. The molecule has 1 aromatic carbocycles. The minimum absolute atomic E-state index is 0.158. The fraction of sp³-hybridized carbons (Fsp3) is 0.600. The first-order chi connectivity index (χ1) is 8.54. The highest BCUT2D eigenvalue weighted by Crippen LogP contribution is 2.09. The quantitative estimate of drug-likeness (QED) is 0.751. The van der Waals surface area contributed by atoms with Crippen LogP contribution in [0, 0.1) is 12.7 Å². The zero-order chi connectivity index (χ0) is 13.5. The SMILES string of the molecule is CCC(C)N(C)CCNCc1cc(F)ccc1C. The van der Waals surface area contributed by atoms with Crippen molar-refractivity contribution in [2.24, 2.45) is 0 Å². The zero-order valence-electron chi connectivity index (χ0n) is 12.0. The largest absolute Gasteiger partial charge is 0.311 e. The zero-order valence-corrected chi connectivity index (χ0v) is 12.0. The van der Waals surface area contributed by atoms with Gasteiger partial charge in [-0.05, 0) is 50.6 Å². The van der Waals surface area contributed by atoms with E-state index < -0.39 is 0 Å². The molecule has 0 aliphatic rings. The van der Waals surface area contributed by atoms with Crippen molar-refractivity contribution in [3.63, 3.8) is 0 Å². The summed E-state index contributed by atoms with van der Waals surface area (Å²) in [4.78, 5) is 2.34. The van der Waals surface area contributed by atoms with Gasteiger partial charge in [0.2, 0.25) is 0 Å². The van der Waals surface area contributed by atoms with Crippen molar-refractivity contribution < 1.29 is 4.39 Å². The lowest BCUT2D eigenvalue weighted by Crippen LogP contribution is -2.34. The summed E-state index contributed by atoms with van der Waals surface area (Å²) >= 11 is 0. The number of nitrogens with zero attached hydrogens (tertiary/aromatic N) is 1. The van der Waals surface area contributed by atoms with Gasteiger partial charge < -0.3 is 10.2 Å². The first-order valence-corrected chi connectivity index (χ1v) is 6.70. The average Bonchev–Trinajstić information content (AvgIpc) is 2.37. The summed E-state index contributed by atoms with van der Waals surface area (Å²) in [5, 5.41) is 3.37. The van der Waals surface area contributed by atoms with Crippen molar-refractivity contribution in [2.75, 3.05) is 20.1 Å². The lowest BCUT2D eigenvalue weighted by molar-refractivity contribution is 0.251. The van der Waals surface area contributed by atoms with Gasteiger partial charge in [-0.2, -0.15) is 0 Å². The van der Waals surface area contributed by atoms with Crippen molar-refractivity contribution in [1.82, 2.24) is 10.2 Å². The van der Waals surface area contributed by atoms with E-state index in [1.807, 2.05) is 13.0 Å². The molecule has 1 aromatic rings. The van der Waals surface area contributed by atoms with Gasteiger partial charge in [0.05, 0.1) is 0 Å². The van der Waals surface area contributed by atoms with Crippen molar-refractivity contribution >= 4 is 0 Å². The third-order valence-corrected chi connectivity index (χ3v) is 3.61. The molecule has 1 unspecified atom stereocenters. The van der Waals surface area contributed by atoms with E-state index in [2.05, 4.69) is 31.1 Å². The monoisotopic (exact) mass is 252 g/mol. The Labute approximate surface area is 110 Å². The maximum absolute atomic E-state index is 13.1. The van der Waals surface area contributed by atoms with E-state index in [1.165, 1.54) is 12.5 Å². The Balaban J connectivity index is 2.31. The third kappa shape index (κ3) is 4.75. The summed E-state index contributed by atoms with van der Waals surface area (Å²) in [7, 11) is 2.14. The Morgan fingerprint density at radius 3 is 2.78 bits per heavy atom. The summed E-state index contributed by atoms with van der Waals surface area (Å²) in [6.07, 6.45) is 1.17. The van der Waals surface area contributed by atoms with E-state index in [0.29, 0.717) is 6.04 Å². The normalized spacial score (nSPS) is 13.0. The Morgan fingerprint density at radius 2 is 2.11 bits per heavy atom. The van der Waals surface area contributed by atoms with Crippen molar-refractivity contribution in [3.8, 4) is 0 Å². The number of halogens is 1. The Kier molecular flexibility index (Phi) is 6.30. The molecule has 0 amide bonds. The molecule has 2 nitrogen and oxygen atoms in total. The van der Waals surface area contributed by atoms with Crippen LogP contribution in [-0.2, 0) is 6.54 Å². The summed E-state index contributed by atoms with van der Waals surface area (Å²) in [6.45, 7) is 9.13. The number of benzene rings is 1. The van der Waals surface area contributed by atoms with E-state index in [4.69, 9.17) is 0 Å². The van der Waals surface area contributed by atoms with Crippen LogP contribution in [-0.4, -0.2) is 31.1 Å². The molecule has 0 spiro atoms. The van der Waals surface area contributed by atoms with Crippen molar-refractivity contribution in [2.45, 2.75) is 39.8 Å². The van der Waals surface area contributed by atoms with E-state index in [-0.39, 0.29) is 5.82 Å². The van der Waals surface area contributed by atoms with Crippen LogP contribution in [0.2, 0.25) is 0 Å². The molecule has 0 bridgehead atoms. The standard InChI is InChI=1S/C15H25FN2/c1-5-13(3)18(4)9-8-17-11-14-10-15(16)7-6-12(14)2/h6-7,10,13,17H,5,8-9,11H2,1-4H3. The minimum Gasteiger partial charge on any atom is -0.311 e. The topological polar surface area (TPSA) is 15.3 Å². The van der Waals surface area contributed by atoms with Gasteiger partial charge in [0.25, 0.3) is 0 Å². The second kappa shape index (κ2) is 7.49. The highest BCUT2D eigenvalue weighted by Gasteiger charge is 2.05. The molecule has 0 fully saturated rings. The van der Waals surface area contributed by atoms with Crippen LogP contribution in [0.15, 0.2) is 18.2 Å². The lowest BCUT2D eigenvalue weighted by Gasteiger charge is -2.23. The highest BCUT2D eigenvalue weighted by atomic mass is 19.1. The fourth-order valence-electron chi connectivity index (χ4n) is 1.84. The van der Waals surface area contributed by atoms with Crippen LogP contribution in [0.3, 0.4) is 0 Å². The molecule has 1 N–H and O–H groups in total. The number of nitrogens with one attached hydrogen (secondary N) is 1. The molecule has 0 aliphatic carbocycles. The van der Waals surface area contributed by atoms with E-state index >= 15 is 0 Å². The Morgan fingerprint density at radius 1 is 1.39 bits per heavy atom. The van der Waals surface area contributed by atoms with Crippen LogP contribution in [0.4, 0.5) is 4.39 Å². The van der Waals surface area contributed by atoms with E-state index in [0.717, 1.165) is 30.8 Å². The molecule has 18 heavy (non-hydrogen) atoms. The van der Waals surface area contributed by atoms with Crippen LogP contribution >= 0.6 is 0 Å². The van der Waals surface area contributed by atoms with Crippen LogP contribution in [0.5, 0.6) is 0 Å². The molecule has 0 aromatic heterocycles. The summed E-state index contributed by atoms with van der Waals surface area (Å²) in [5.74, 6) is -0.158. The molecule has 102 valence electrons. The molecule has 0 radical (unpaired) electrons. The van der Waals surface area contributed by atoms with Gasteiger partial charge in [-0.15, -0.1) is 0 Å². The van der Waals surface area contributed by atoms with Gasteiger partial charge in [0, 0.05) is 25.7 Å². The number of likely N-dealkylation sites (N-methyl/N-ethyl adjacent to an activating group) is 1. The molecule has 1 atom stereocenters. The summed E-state index contributed by atoms with van der Waals surface area (Å²) in [5.41, 5.74) is 2.18. The lowest BCUT2D eigenvalue weighted by atomic mass is 10.1. The molecule has 0 saturated heterocycles. The van der Waals surface area contributed by atoms with Gasteiger partial charge in [-0.1, -0.05) is 13.0 Å². The maximum atomic E-state index is 13.1. The maximum Gasteiger partial charge on any atom is 0.123 e. The first-order valence-electron chi connectivity index (χ1n) is 6.70. The van der Waals surface area contributed by atoms with Gasteiger partial charge in [0.1, 0.15) is 5.82 Å². The predicted octanol–water partition coefficient (Wildman–Crippen LogP) is 2.95. The molecule has 0 heterocycles. The fourth-order valence-corrected chi connectivity index (χ4v) is 1.84. The predicted molar refractivity (Wildman–Crippen MR) is 75.2 cm³/mol. The van der Waals surface area contributed by atoms with Crippen molar-refractivity contribution in [1.29, 1.82) is 0 Å². The van der Waals surface area contributed by atoms with Crippen molar-refractivity contribution in [3.05, 3.63) is 35.1 Å². The average molecular weight is 252 g/mol. The van der Waals surface area contributed by atoms with Gasteiger partial charge in [-0.3, -0.25) is 0 Å². The van der Waals surface area contributed by atoms with Crippen LogP contribution in [0.1, 0.15) is 31.4 Å². The van der Waals surface area contributed by atoms with Gasteiger partial charge in [0.15, 0.2) is 0 Å². The summed E-state index contributed by atoms with van der Waals surface area (Å²) < 4.78 is 13.1. The van der Waals surface area contributed by atoms with E-state index in [1.54, 1.807) is 6.07 Å². The second-order valence-electron chi connectivity index (χ2n) is 4.99. The molecule has 1 rings (SSSR count). The third-order valence-electron chi connectivity index (χ3n) is 3.61. The van der Waals surface area contributed by atoms with Crippen LogP contribution < -0.4 is 5.32 Å². The number of rotatable bonds is 7. The first kappa shape index (κ1) is 15.1. The minimum atomic E-state index is -0.158. The highest BCUT2D eigenvalue weighted by molar-refractivity contribution is 5.26. The Hall–Kier alpha value is -0.930. The van der Waals surface area contributed by atoms with Crippen LogP contribution in [0.25, 0.3) is 0 Å². The van der Waals surface area contributed by atoms with Gasteiger partial charge >= 0.3 is 0 Å². The molecule has 3 heteroatoms.